The van der Waals surface area contributed by atoms with E-state index in [0.717, 1.165) is 22.2 Å². The number of phosphoric acid groups is 2. The van der Waals surface area contributed by atoms with Crippen molar-refractivity contribution in [3.05, 3.63) is 46.0 Å². The van der Waals surface area contributed by atoms with Gasteiger partial charge < -0.3 is 67.8 Å². The molecule has 0 aliphatic carbocycles. The Morgan fingerprint density at radius 3 is 1.37 bits per heavy atom. The molecule has 1 radical (unpaired) electrons. The summed E-state index contributed by atoms with van der Waals surface area (Å²) in [6, 6.07) is 0. The van der Waals surface area contributed by atoms with Crippen LogP contribution in [0.3, 0.4) is 0 Å². The first-order chi connectivity index (χ1) is 19.4. The second kappa shape index (κ2) is 16.5. The van der Waals surface area contributed by atoms with Crippen molar-refractivity contribution >= 4 is 27.6 Å². The zero-order chi connectivity index (χ0) is 31.8. The average molecular weight is 689 g/mol. The summed E-state index contributed by atoms with van der Waals surface area (Å²) >= 11 is 0. The van der Waals surface area contributed by atoms with Crippen molar-refractivity contribution in [3.8, 4) is 11.5 Å². The quantitative estimate of drug-likeness (QED) is 0.110. The van der Waals surface area contributed by atoms with Crippen LogP contribution < -0.4 is 40.0 Å². The average Bonchev–Trinajstić information content (AvgIpc) is 2.85. The van der Waals surface area contributed by atoms with Gasteiger partial charge in [-0.2, -0.15) is 0 Å². The summed E-state index contributed by atoms with van der Waals surface area (Å²) in [7, 11) is -10.9. The molecule has 0 saturated heterocycles. The Morgan fingerprint density at radius 2 is 1.09 bits per heavy atom. The number of hydrogen-bond donors (Lipinski definition) is 0. The molecule has 0 bridgehead atoms. The maximum Gasteiger partial charge on any atom is 2.00 e. The van der Waals surface area contributed by atoms with Crippen molar-refractivity contribution in [2.45, 2.75) is 40.2 Å². The number of carbonyl (C=O) groups excluding carboxylic acids is 2. The fourth-order valence-electron chi connectivity index (χ4n) is 3.77. The third-order valence-corrected chi connectivity index (χ3v) is 6.66. The van der Waals surface area contributed by atoms with E-state index >= 15 is 0 Å². The molecule has 0 aliphatic rings. The minimum Gasteiger partial charge on any atom is -0.871 e. The summed E-state index contributed by atoms with van der Waals surface area (Å²) < 4.78 is 30.3. The Morgan fingerprint density at radius 1 is 0.767 bits per heavy atom. The van der Waals surface area contributed by atoms with Gasteiger partial charge in [0.15, 0.2) is 0 Å². The van der Waals surface area contributed by atoms with E-state index in [1.165, 1.54) is 13.8 Å². The first-order valence-electron chi connectivity index (χ1n) is 11.8. The molecule has 0 fully saturated rings. The maximum atomic E-state index is 12.8. The molecule has 0 amide bonds. The predicted octanol–water partition coefficient (Wildman–Crippen LogP) is -5.82. The summed E-state index contributed by atoms with van der Waals surface area (Å²) in [6.07, 6.45) is 2.16. The van der Waals surface area contributed by atoms with Gasteiger partial charge in [-0.1, -0.05) is 11.5 Å². The Bertz CT molecular complexity index is 1300. The summed E-state index contributed by atoms with van der Waals surface area (Å²) in [5.74, 6) is -4.57. The van der Waals surface area contributed by atoms with Gasteiger partial charge in [-0.15, -0.1) is 0 Å². The Balaban J connectivity index is -0.00000185. The number of carboxylic acids is 2. The van der Waals surface area contributed by atoms with Gasteiger partial charge in [0.1, 0.15) is 0 Å². The van der Waals surface area contributed by atoms with Crippen molar-refractivity contribution in [1.82, 2.24) is 19.8 Å². The van der Waals surface area contributed by atoms with Gasteiger partial charge in [-0.05, 0) is 25.0 Å². The molecule has 0 spiro atoms. The Labute approximate surface area is 261 Å². The molecule has 0 saturated carbocycles. The summed E-state index contributed by atoms with van der Waals surface area (Å²) in [5, 5.41) is 48.4. The topological polar surface area (TPSA) is 303 Å². The van der Waals surface area contributed by atoms with Crippen LogP contribution >= 0.6 is 15.6 Å². The summed E-state index contributed by atoms with van der Waals surface area (Å²) in [5.41, 5.74) is -0.577. The van der Waals surface area contributed by atoms with E-state index < -0.39 is 78.5 Å². The van der Waals surface area contributed by atoms with Crippen LogP contribution in [0, 0.1) is 13.8 Å². The van der Waals surface area contributed by atoms with Crippen LogP contribution in [-0.4, -0.2) is 57.9 Å². The van der Waals surface area contributed by atoms with Gasteiger partial charge in [-0.25, -0.2) is 0 Å². The summed E-state index contributed by atoms with van der Waals surface area (Å²) in [6.45, 7) is -2.04. The molecule has 0 atom stereocenters. The fourth-order valence-corrected chi connectivity index (χ4v) is 4.36. The molecule has 2 aromatic heterocycles. The van der Waals surface area contributed by atoms with E-state index in [9.17, 15) is 58.7 Å². The molecule has 2 aromatic rings. The van der Waals surface area contributed by atoms with Gasteiger partial charge >= 0.3 is 22.8 Å². The molecule has 0 aliphatic heterocycles. The Kier molecular flexibility index (Phi) is 14.8. The van der Waals surface area contributed by atoms with Crippen molar-refractivity contribution in [3.63, 3.8) is 0 Å². The van der Waals surface area contributed by atoms with Crippen LogP contribution in [0.5, 0.6) is 11.5 Å². The molecule has 18 nitrogen and oxygen atoms in total. The number of phosphoric ester groups is 2. The van der Waals surface area contributed by atoms with Gasteiger partial charge in [0.05, 0.1) is 40.8 Å². The monoisotopic (exact) mass is 689 g/mol. The standard InChI is InChI=1S/C22H32N4O14P2.Mn/c1-13-21(31)17(15(5-23-13)11-39-41(33,34)35)7-25(9-19(27)28)3-4-26(10-20(29)30)8-18-16(12-40-42(36,37)38)6-24-14(2)22(18)32;/h5-6,31-32H,3-4,7-12H2,1-2H3,(H,27,28)(H,29,30)(H2,33,34,35)(H2,36,37,38);/q;+2/p-4. The molecular weight excluding hydrogens is 661 g/mol. The number of aromatic nitrogens is 2. The first kappa shape index (κ1) is 38.5. The van der Waals surface area contributed by atoms with Gasteiger partial charge in [0, 0.05) is 74.2 Å². The zero-order valence-electron chi connectivity index (χ0n) is 26.6. The first-order valence-corrected chi connectivity index (χ1v) is 14.7. The smallest absolute Gasteiger partial charge is 0.871 e. The zero-order valence-corrected chi connectivity index (χ0v) is 25.6. The normalized spacial score (nSPS) is 12.0. The number of aryl methyl sites for hydroxylation is 2. The van der Waals surface area contributed by atoms with Crippen LogP contribution in [-0.2, 0) is 71.1 Å². The van der Waals surface area contributed by atoms with E-state index in [-0.39, 0.29) is 69.5 Å². The van der Waals surface area contributed by atoms with E-state index in [2.05, 4.69) is 19.0 Å². The molecular formula is C22H28MnN4O14P2-2. The number of carbonyl (C=O) groups is 2. The van der Waals surface area contributed by atoms with Crippen molar-refractivity contribution in [2.75, 3.05) is 26.2 Å². The molecule has 21 heteroatoms. The number of hydrogen-bond acceptors (Lipinski definition) is 18. The van der Waals surface area contributed by atoms with Crippen LogP contribution in [0.25, 0.3) is 0 Å². The third-order valence-electron chi connectivity index (χ3n) is 5.77. The van der Waals surface area contributed by atoms with Crippen LogP contribution in [0.1, 0.15) is 39.3 Å². The molecule has 239 valence electrons. The number of carboxylic acid groups (broad SMARTS) is 2. The summed E-state index contributed by atoms with van der Waals surface area (Å²) in [4.78, 5) is 76.5. The molecule has 0 N–H and O–H groups in total. The van der Waals surface area contributed by atoms with Crippen LogP contribution in [0.15, 0.2) is 12.4 Å². The minimum absolute atomic E-state index is 0. The number of pyridine rings is 2. The van der Waals surface area contributed by atoms with Crippen molar-refractivity contribution in [2.24, 2.45) is 0 Å². The molecule has 0 aromatic carbocycles. The predicted molar refractivity (Wildman–Crippen MR) is 127 cm³/mol. The van der Waals surface area contributed by atoms with E-state index in [1.807, 2.05) is 0 Å². The number of aliphatic carboxylic acids is 2. The maximum absolute atomic E-state index is 12.8. The van der Waals surface area contributed by atoms with E-state index in [0.29, 0.717) is 0 Å². The van der Waals surface area contributed by atoms with Gasteiger partial charge in [0.2, 0.25) is 0 Å². The van der Waals surface area contributed by atoms with Crippen LogP contribution in [0.4, 0.5) is 0 Å². The van der Waals surface area contributed by atoms with Gasteiger partial charge in [0.25, 0.3) is 0 Å². The second-order valence-electron chi connectivity index (χ2n) is 8.96. The molecule has 0 unspecified atom stereocenters. The van der Waals surface area contributed by atoms with Crippen molar-refractivity contribution in [1.29, 1.82) is 0 Å². The fraction of sp³-hybridized carbons (Fsp3) is 0.455. The van der Waals surface area contributed by atoms with Gasteiger partial charge in [-0.3, -0.25) is 19.8 Å². The molecule has 43 heavy (non-hydrogen) atoms. The van der Waals surface area contributed by atoms with E-state index in [1.54, 1.807) is 0 Å². The largest absolute Gasteiger partial charge is 2.00 e. The SMILES string of the molecule is Cc1ncc(COP(=O)([O-])[O-])c(CN(CCN(CC(=O)[O-])Cc2c(COP(=O)([O-])[O-])cnc(C)c2[O-])CC(=O)[O-])c1[O-].[H+].[H+].[H+].[H+].[Mn+2]. The number of rotatable bonds is 17. The van der Waals surface area contributed by atoms with Crippen molar-refractivity contribution < 1.29 is 90.5 Å². The third kappa shape index (κ3) is 13.4. The second-order valence-corrected chi connectivity index (χ2v) is 11.3. The number of nitrogens with zero attached hydrogens (tertiary/aromatic N) is 4. The molecule has 2 heterocycles. The van der Waals surface area contributed by atoms with Crippen LogP contribution in [0.2, 0.25) is 0 Å². The minimum atomic E-state index is -5.44. The Hall–Kier alpha value is -2.50. The van der Waals surface area contributed by atoms with E-state index in [4.69, 9.17) is 0 Å². The molecule has 2 rings (SSSR count).